The molecule has 0 spiro atoms. The van der Waals surface area contributed by atoms with Crippen LogP contribution in [0.3, 0.4) is 0 Å². The summed E-state index contributed by atoms with van der Waals surface area (Å²) >= 11 is 6.30. The number of nitrogens with two attached hydrogens (primary N) is 1. The molecule has 2 aromatic rings. The van der Waals surface area contributed by atoms with E-state index in [1.54, 1.807) is 12.1 Å². The molecule has 1 saturated heterocycles. The molecular weight excluding hydrogens is 311 g/mol. The van der Waals surface area contributed by atoms with Crippen LogP contribution >= 0.6 is 11.6 Å². The molecule has 0 saturated carbocycles. The van der Waals surface area contributed by atoms with Gasteiger partial charge >= 0.3 is 0 Å². The predicted octanol–water partition coefficient (Wildman–Crippen LogP) is 4.91. The van der Waals surface area contributed by atoms with Crippen LogP contribution in [0.1, 0.15) is 24.8 Å². The van der Waals surface area contributed by atoms with Crippen LogP contribution in [0.15, 0.2) is 42.5 Å². The van der Waals surface area contributed by atoms with Gasteiger partial charge in [0.1, 0.15) is 5.82 Å². The summed E-state index contributed by atoms with van der Waals surface area (Å²) in [6.45, 7) is 2.02. The van der Waals surface area contributed by atoms with Crippen LogP contribution in [-0.2, 0) is 6.42 Å². The van der Waals surface area contributed by atoms with Crippen LogP contribution in [0.2, 0.25) is 5.02 Å². The molecule has 2 aromatic carbocycles. The topological polar surface area (TPSA) is 29.3 Å². The number of aryl methyl sites for hydroxylation is 1. The second kappa shape index (κ2) is 7.22. The van der Waals surface area contributed by atoms with Crippen LogP contribution in [0.4, 0.5) is 15.8 Å². The van der Waals surface area contributed by atoms with Gasteiger partial charge in [0.05, 0.1) is 10.7 Å². The first-order chi connectivity index (χ1) is 11.1. The van der Waals surface area contributed by atoms with Crippen molar-refractivity contribution in [1.29, 1.82) is 0 Å². The molecular formula is C19H22ClFN2. The molecule has 4 heteroatoms. The van der Waals surface area contributed by atoms with Crippen molar-refractivity contribution in [3.63, 3.8) is 0 Å². The summed E-state index contributed by atoms with van der Waals surface area (Å²) in [7, 11) is 0. The highest BCUT2D eigenvalue weighted by atomic mass is 35.5. The van der Waals surface area contributed by atoms with Crippen molar-refractivity contribution in [2.45, 2.75) is 25.7 Å². The highest BCUT2D eigenvalue weighted by Gasteiger charge is 2.20. The molecule has 23 heavy (non-hydrogen) atoms. The largest absolute Gasteiger partial charge is 0.399 e. The third kappa shape index (κ3) is 4.17. The van der Waals surface area contributed by atoms with E-state index in [0.717, 1.165) is 55.0 Å². The molecule has 1 aliphatic heterocycles. The van der Waals surface area contributed by atoms with E-state index in [2.05, 4.69) is 4.90 Å². The summed E-state index contributed by atoms with van der Waals surface area (Å²) in [6, 6.07) is 12.7. The van der Waals surface area contributed by atoms with Crippen LogP contribution < -0.4 is 10.6 Å². The maximum Gasteiger partial charge on any atom is 0.123 e. The summed E-state index contributed by atoms with van der Waals surface area (Å²) < 4.78 is 13.2. The minimum absolute atomic E-state index is 0.143. The number of anilines is 2. The van der Waals surface area contributed by atoms with Gasteiger partial charge in [-0.05, 0) is 67.5 Å². The zero-order chi connectivity index (χ0) is 16.2. The lowest BCUT2D eigenvalue weighted by Crippen LogP contribution is -2.34. The van der Waals surface area contributed by atoms with Crippen LogP contribution in [0, 0.1) is 11.7 Å². The van der Waals surface area contributed by atoms with Crippen LogP contribution in [0.5, 0.6) is 0 Å². The Kier molecular flexibility index (Phi) is 5.06. The van der Waals surface area contributed by atoms with Gasteiger partial charge in [-0.15, -0.1) is 0 Å². The van der Waals surface area contributed by atoms with Crippen molar-refractivity contribution in [2.24, 2.45) is 5.92 Å². The Morgan fingerprint density at radius 2 is 1.91 bits per heavy atom. The lowest BCUT2D eigenvalue weighted by molar-refractivity contribution is 0.382. The number of piperidine rings is 1. The van der Waals surface area contributed by atoms with Crippen molar-refractivity contribution in [2.75, 3.05) is 23.7 Å². The SMILES string of the molecule is Nc1ccc(N2CCC(CCc3cccc(F)c3)CC2)c(Cl)c1. The maximum absolute atomic E-state index is 13.2. The molecule has 1 heterocycles. The fraction of sp³-hybridized carbons (Fsp3) is 0.368. The van der Waals surface area contributed by atoms with E-state index in [9.17, 15) is 4.39 Å². The van der Waals surface area contributed by atoms with E-state index in [1.165, 1.54) is 6.07 Å². The van der Waals surface area contributed by atoms with E-state index in [1.807, 2.05) is 24.3 Å². The molecule has 2 nitrogen and oxygen atoms in total. The Balaban J connectivity index is 1.52. The van der Waals surface area contributed by atoms with Crippen molar-refractivity contribution < 1.29 is 4.39 Å². The van der Waals surface area contributed by atoms with Crippen molar-refractivity contribution in [1.82, 2.24) is 0 Å². The number of nitrogens with zero attached hydrogens (tertiary/aromatic N) is 1. The van der Waals surface area contributed by atoms with Gasteiger partial charge in [0.15, 0.2) is 0 Å². The average molecular weight is 333 g/mol. The molecule has 0 amide bonds. The smallest absolute Gasteiger partial charge is 0.123 e. The quantitative estimate of drug-likeness (QED) is 0.806. The standard InChI is InChI=1S/C19H22ClFN2/c20-18-13-17(22)6-7-19(18)23-10-8-14(9-11-23)4-5-15-2-1-3-16(21)12-15/h1-3,6-7,12-14H,4-5,8-11,22H2. The number of halogens is 2. The Morgan fingerprint density at radius 1 is 1.13 bits per heavy atom. The Hall–Kier alpha value is -1.74. The first-order valence-electron chi connectivity index (χ1n) is 8.16. The lowest BCUT2D eigenvalue weighted by atomic mass is 9.90. The van der Waals surface area contributed by atoms with Gasteiger partial charge in [0, 0.05) is 18.8 Å². The summed E-state index contributed by atoms with van der Waals surface area (Å²) in [4.78, 5) is 2.33. The Morgan fingerprint density at radius 3 is 2.61 bits per heavy atom. The first kappa shape index (κ1) is 16.1. The van der Waals surface area contributed by atoms with E-state index in [0.29, 0.717) is 11.6 Å². The minimum Gasteiger partial charge on any atom is -0.399 e. The molecule has 0 bridgehead atoms. The molecule has 1 fully saturated rings. The van der Waals surface area contributed by atoms with Gasteiger partial charge in [0.25, 0.3) is 0 Å². The van der Waals surface area contributed by atoms with Crippen LogP contribution in [-0.4, -0.2) is 13.1 Å². The average Bonchev–Trinajstić information content (AvgIpc) is 2.54. The summed E-state index contributed by atoms with van der Waals surface area (Å²) in [6.07, 6.45) is 4.36. The van der Waals surface area contributed by atoms with E-state index < -0.39 is 0 Å². The third-order valence-electron chi connectivity index (χ3n) is 4.66. The zero-order valence-electron chi connectivity index (χ0n) is 13.1. The number of nitrogen functional groups attached to an aromatic ring is 1. The van der Waals surface area contributed by atoms with E-state index >= 15 is 0 Å². The second-order valence-electron chi connectivity index (χ2n) is 6.31. The normalized spacial score (nSPS) is 15.8. The molecule has 2 N–H and O–H groups in total. The first-order valence-corrected chi connectivity index (χ1v) is 8.54. The number of rotatable bonds is 4. The van der Waals surface area contributed by atoms with Gasteiger partial charge in [0.2, 0.25) is 0 Å². The van der Waals surface area contributed by atoms with Crippen molar-refractivity contribution in [3.8, 4) is 0 Å². The summed E-state index contributed by atoms with van der Waals surface area (Å²) in [5.41, 5.74) is 8.62. The lowest BCUT2D eigenvalue weighted by Gasteiger charge is -2.34. The summed E-state index contributed by atoms with van der Waals surface area (Å²) in [5, 5.41) is 0.725. The highest BCUT2D eigenvalue weighted by Crippen LogP contribution is 2.32. The van der Waals surface area contributed by atoms with Gasteiger partial charge in [-0.3, -0.25) is 0 Å². The molecule has 122 valence electrons. The van der Waals surface area contributed by atoms with Gasteiger partial charge in [-0.1, -0.05) is 23.7 Å². The maximum atomic E-state index is 13.2. The van der Waals surface area contributed by atoms with Gasteiger partial charge < -0.3 is 10.6 Å². The second-order valence-corrected chi connectivity index (χ2v) is 6.72. The fourth-order valence-corrected chi connectivity index (χ4v) is 3.61. The van der Waals surface area contributed by atoms with E-state index in [-0.39, 0.29) is 5.82 Å². The minimum atomic E-state index is -0.143. The molecule has 0 radical (unpaired) electrons. The monoisotopic (exact) mass is 332 g/mol. The summed E-state index contributed by atoms with van der Waals surface area (Å²) in [5.74, 6) is 0.553. The van der Waals surface area contributed by atoms with Gasteiger partial charge in [-0.2, -0.15) is 0 Å². The Labute approximate surface area is 142 Å². The zero-order valence-corrected chi connectivity index (χ0v) is 13.9. The third-order valence-corrected chi connectivity index (χ3v) is 4.96. The number of hydrogen-bond donors (Lipinski definition) is 1. The molecule has 0 aromatic heterocycles. The Bertz CT molecular complexity index is 666. The molecule has 1 aliphatic rings. The van der Waals surface area contributed by atoms with Gasteiger partial charge in [-0.25, -0.2) is 4.39 Å². The highest BCUT2D eigenvalue weighted by molar-refractivity contribution is 6.33. The predicted molar refractivity (Wildman–Crippen MR) is 95.5 cm³/mol. The molecule has 0 atom stereocenters. The fourth-order valence-electron chi connectivity index (χ4n) is 3.31. The van der Waals surface area contributed by atoms with E-state index in [4.69, 9.17) is 17.3 Å². The number of hydrogen-bond acceptors (Lipinski definition) is 2. The molecule has 0 aliphatic carbocycles. The molecule has 3 rings (SSSR count). The number of benzene rings is 2. The molecule has 0 unspecified atom stereocenters. The van der Waals surface area contributed by atoms with Crippen molar-refractivity contribution >= 4 is 23.0 Å². The van der Waals surface area contributed by atoms with Crippen molar-refractivity contribution in [3.05, 3.63) is 58.9 Å². The van der Waals surface area contributed by atoms with Crippen LogP contribution in [0.25, 0.3) is 0 Å².